The van der Waals surface area contributed by atoms with Gasteiger partial charge in [0, 0.05) is 6.61 Å². The molecule has 0 aromatic rings. The summed E-state index contributed by atoms with van der Waals surface area (Å²) in [4.78, 5) is 0. The van der Waals surface area contributed by atoms with Gasteiger partial charge in [0.2, 0.25) is 0 Å². The molecule has 0 unspecified atom stereocenters. The average Bonchev–Trinajstić information content (AvgIpc) is 2.31. The molecule has 0 atom stereocenters. The summed E-state index contributed by atoms with van der Waals surface area (Å²) in [5, 5.41) is 8.80. The van der Waals surface area contributed by atoms with Crippen LogP contribution in [0.2, 0.25) is 0 Å². The molecule has 0 saturated heterocycles. The second-order valence-corrected chi connectivity index (χ2v) is 3.87. The smallest absolute Gasteiger partial charge is 0.0465 e. The predicted octanol–water partition coefficient (Wildman–Crippen LogP) is 4.17. The van der Waals surface area contributed by atoms with Crippen LogP contribution < -0.4 is 0 Å². The summed E-state index contributed by atoms with van der Waals surface area (Å²) in [6.07, 6.45) is 14.4. The van der Waals surface area contributed by atoms with Crippen LogP contribution >= 0.6 is 0 Å². The molecular formula is C15H24O. The molecule has 0 saturated carbocycles. The van der Waals surface area contributed by atoms with Crippen LogP contribution in [0.4, 0.5) is 0 Å². The first-order valence-electron chi connectivity index (χ1n) is 6.01. The van der Waals surface area contributed by atoms with Crippen LogP contribution in [0.1, 0.15) is 39.5 Å². The van der Waals surface area contributed by atoms with Gasteiger partial charge < -0.3 is 5.11 Å². The Hall–Kier alpha value is -1.08. The molecule has 16 heavy (non-hydrogen) atoms. The zero-order valence-electron chi connectivity index (χ0n) is 10.6. The van der Waals surface area contributed by atoms with Crippen LogP contribution in [-0.4, -0.2) is 11.7 Å². The zero-order valence-corrected chi connectivity index (χ0v) is 10.6. The highest BCUT2D eigenvalue weighted by Crippen LogP contribution is 2.10. The Kier molecular flexibility index (Phi) is 9.73. The molecule has 0 aromatic heterocycles. The van der Waals surface area contributed by atoms with Gasteiger partial charge in [-0.05, 0) is 26.2 Å². The van der Waals surface area contributed by atoms with Crippen molar-refractivity contribution in [1.82, 2.24) is 0 Å². The second-order valence-electron chi connectivity index (χ2n) is 3.87. The first-order valence-corrected chi connectivity index (χ1v) is 6.01. The first-order chi connectivity index (χ1) is 7.74. The number of aliphatic hydroxyl groups is 1. The van der Waals surface area contributed by atoms with Crippen molar-refractivity contribution in [3.63, 3.8) is 0 Å². The van der Waals surface area contributed by atoms with Gasteiger partial charge in [0.25, 0.3) is 0 Å². The number of hydrogen-bond donors (Lipinski definition) is 1. The fraction of sp³-hybridized carbons (Fsp3) is 0.467. The van der Waals surface area contributed by atoms with E-state index in [1.165, 1.54) is 18.4 Å². The van der Waals surface area contributed by atoms with Gasteiger partial charge in [0.05, 0.1) is 0 Å². The Morgan fingerprint density at radius 3 is 2.69 bits per heavy atom. The molecule has 0 aliphatic carbocycles. The molecule has 0 bridgehead atoms. The van der Waals surface area contributed by atoms with Crippen molar-refractivity contribution >= 4 is 0 Å². The normalized spacial score (nSPS) is 13.4. The largest absolute Gasteiger partial charge is 0.396 e. The van der Waals surface area contributed by atoms with E-state index in [2.05, 4.69) is 31.7 Å². The molecule has 0 heterocycles. The monoisotopic (exact) mass is 220 g/mol. The van der Waals surface area contributed by atoms with Gasteiger partial charge in [0.15, 0.2) is 0 Å². The fourth-order valence-electron chi connectivity index (χ4n) is 1.28. The van der Waals surface area contributed by atoms with E-state index in [4.69, 9.17) is 5.11 Å². The van der Waals surface area contributed by atoms with Gasteiger partial charge in [-0.2, -0.15) is 0 Å². The lowest BCUT2D eigenvalue weighted by molar-refractivity contribution is 0.302. The highest BCUT2D eigenvalue weighted by Gasteiger charge is 1.91. The van der Waals surface area contributed by atoms with Crippen molar-refractivity contribution in [2.75, 3.05) is 6.61 Å². The molecule has 1 heteroatoms. The maximum absolute atomic E-state index is 8.80. The maximum atomic E-state index is 8.80. The summed E-state index contributed by atoms with van der Waals surface area (Å²) in [5.41, 5.74) is 2.47. The van der Waals surface area contributed by atoms with E-state index < -0.39 is 0 Å². The predicted molar refractivity (Wildman–Crippen MR) is 72.4 cm³/mol. The molecule has 0 fully saturated rings. The maximum Gasteiger partial charge on any atom is 0.0465 e. The number of aliphatic hydroxyl groups excluding tert-OH is 1. The van der Waals surface area contributed by atoms with E-state index >= 15 is 0 Å². The molecule has 0 aliphatic heterocycles. The topological polar surface area (TPSA) is 20.2 Å². The van der Waals surface area contributed by atoms with E-state index in [1.54, 1.807) is 0 Å². The van der Waals surface area contributed by atoms with E-state index in [0.717, 1.165) is 18.4 Å². The van der Waals surface area contributed by atoms with Crippen molar-refractivity contribution in [1.29, 1.82) is 0 Å². The molecule has 1 N–H and O–H groups in total. The van der Waals surface area contributed by atoms with Crippen molar-refractivity contribution in [2.45, 2.75) is 39.5 Å². The minimum Gasteiger partial charge on any atom is -0.396 e. The molecule has 0 spiro atoms. The highest BCUT2D eigenvalue weighted by molar-refractivity contribution is 5.26. The molecule has 1 nitrogen and oxygen atoms in total. The zero-order chi connectivity index (χ0) is 12.2. The molecule has 0 aromatic carbocycles. The molecule has 90 valence electrons. The Labute approximate surface area is 99.9 Å². The van der Waals surface area contributed by atoms with Crippen molar-refractivity contribution in [3.05, 3.63) is 48.1 Å². The fourth-order valence-corrected chi connectivity index (χ4v) is 1.28. The molecule has 0 amide bonds. The lowest BCUT2D eigenvalue weighted by Crippen LogP contribution is -1.83. The molecule has 0 rings (SSSR count). The van der Waals surface area contributed by atoms with Gasteiger partial charge in [-0.15, -0.1) is 0 Å². The molecule has 0 aliphatic rings. The summed E-state index contributed by atoms with van der Waals surface area (Å²) in [6.45, 7) is 8.15. The number of unbranched alkanes of at least 4 members (excludes halogenated alkanes) is 1. The minimum atomic E-state index is 0.227. The molecule has 0 radical (unpaired) electrons. The summed E-state index contributed by atoms with van der Waals surface area (Å²) in [6, 6.07) is 0. The average molecular weight is 220 g/mol. The molecular weight excluding hydrogens is 196 g/mol. The third kappa shape index (κ3) is 8.25. The van der Waals surface area contributed by atoms with E-state index in [0.29, 0.717) is 0 Å². The highest BCUT2D eigenvalue weighted by atomic mass is 16.2. The summed E-state index contributed by atoms with van der Waals surface area (Å²) in [5.74, 6) is 0. The van der Waals surface area contributed by atoms with Gasteiger partial charge in [-0.25, -0.2) is 0 Å². The van der Waals surface area contributed by atoms with Crippen LogP contribution in [-0.2, 0) is 0 Å². The Morgan fingerprint density at radius 2 is 2.12 bits per heavy atom. The number of hydrogen-bond acceptors (Lipinski definition) is 1. The quantitative estimate of drug-likeness (QED) is 0.609. The first kappa shape index (κ1) is 14.9. The summed E-state index contributed by atoms with van der Waals surface area (Å²) in [7, 11) is 0. The van der Waals surface area contributed by atoms with Crippen LogP contribution in [0.5, 0.6) is 0 Å². The number of rotatable bonds is 8. The van der Waals surface area contributed by atoms with Gasteiger partial charge in [0.1, 0.15) is 0 Å². The summed E-state index contributed by atoms with van der Waals surface area (Å²) >= 11 is 0. The van der Waals surface area contributed by atoms with E-state index in [1.807, 2.05) is 19.1 Å². The Bertz CT molecular complexity index is 269. The standard InChI is InChI=1S/C15H24O/c1-4-6-10-15(12-8-13-16)11-7-9-14(3)5-2/h5,7,9,11-12,16H,2,4,6,8,10,13H2,1,3H3/b11-7+,14-9-,15-12-. The van der Waals surface area contributed by atoms with Crippen LogP contribution in [0.3, 0.4) is 0 Å². The summed E-state index contributed by atoms with van der Waals surface area (Å²) < 4.78 is 0. The van der Waals surface area contributed by atoms with Gasteiger partial charge in [-0.3, -0.25) is 0 Å². The third-order valence-electron chi connectivity index (χ3n) is 2.35. The van der Waals surface area contributed by atoms with Crippen LogP contribution in [0, 0.1) is 0 Å². The Morgan fingerprint density at radius 1 is 1.38 bits per heavy atom. The van der Waals surface area contributed by atoms with Crippen LogP contribution in [0.15, 0.2) is 48.1 Å². The third-order valence-corrected chi connectivity index (χ3v) is 2.35. The van der Waals surface area contributed by atoms with Crippen molar-refractivity contribution < 1.29 is 5.11 Å². The SMILES string of the molecule is C=C\C(C)=C/C=C/C(=C\CCO)CCCC. The van der Waals surface area contributed by atoms with Crippen molar-refractivity contribution in [2.24, 2.45) is 0 Å². The lowest BCUT2D eigenvalue weighted by atomic mass is 10.1. The lowest BCUT2D eigenvalue weighted by Gasteiger charge is -2.00. The van der Waals surface area contributed by atoms with Crippen LogP contribution in [0.25, 0.3) is 0 Å². The van der Waals surface area contributed by atoms with Crippen molar-refractivity contribution in [3.8, 4) is 0 Å². The van der Waals surface area contributed by atoms with Gasteiger partial charge >= 0.3 is 0 Å². The van der Waals surface area contributed by atoms with E-state index in [9.17, 15) is 0 Å². The van der Waals surface area contributed by atoms with Gasteiger partial charge in [-0.1, -0.05) is 61.4 Å². The minimum absolute atomic E-state index is 0.227. The number of allylic oxidation sites excluding steroid dienone is 6. The second kappa shape index (κ2) is 10.4. The Balaban J connectivity index is 4.35. The van der Waals surface area contributed by atoms with E-state index in [-0.39, 0.29) is 6.61 Å².